The van der Waals surface area contributed by atoms with Gasteiger partial charge in [0.1, 0.15) is 33.5 Å². The Kier molecular flexibility index (Phi) is 6.35. The van der Waals surface area contributed by atoms with E-state index in [1.807, 2.05) is 18.4 Å². The number of thiophene rings is 1. The lowest BCUT2D eigenvalue weighted by Crippen LogP contribution is -2.15. The molecule has 34 heavy (non-hydrogen) atoms. The molecule has 4 rings (SSSR count). The number of carbonyl (C=O) groups excluding carboxylic acids is 1. The largest absolute Gasteiger partial charge is 0.465 e. The number of hydrogen-bond donors (Lipinski definition) is 1. The second-order valence-corrected chi connectivity index (χ2v) is 9.80. The summed E-state index contributed by atoms with van der Waals surface area (Å²) in [7, 11) is -2.78. The van der Waals surface area contributed by atoms with E-state index in [0.29, 0.717) is 29.0 Å². The van der Waals surface area contributed by atoms with Crippen LogP contribution in [0.2, 0.25) is 0 Å². The molecule has 0 bridgehead atoms. The number of imidazole rings is 1. The summed E-state index contributed by atoms with van der Waals surface area (Å²) in [5, 5.41) is 1.52. The van der Waals surface area contributed by atoms with Crippen LogP contribution in [-0.4, -0.2) is 41.0 Å². The molecule has 0 spiro atoms. The average Bonchev–Trinajstić information content (AvgIpc) is 3.42. The maximum Gasteiger partial charge on any atom is 0.349 e. The van der Waals surface area contributed by atoms with Crippen molar-refractivity contribution in [3.05, 3.63) is 70.2 Å². The Bertz CT molecular complexity index is 1460. The lowest BCUT2D eigenvalue weighted by molar-refractivity contribution is 0.0602. The van der Waals surface area contributed by atoms with Crippen LogP contribution in [-0.2, 0) is 14.8 Å². The molecule has 4 aromatic rings. The maximum absolute atomic E-state index is 12.8. The fourth-order valence-electron chi connectivity index (χ4n) is 3.10. The highest BCUT2D eigenvalue weighted by atomic mass is 32.2. The van der Waals surface area contributed by atoms with Crippen molar-refractivity contribution < 1.29 is 22.7 Å². The maximum atomic E-state index is 12.8. The Morgan fingerprint density at radius 1 is 1.09 bits per heavy atom. The van der Waals surface area contributed by atoms with Crippen LogP contribution in [0.5, 0.6) is 11.6 Å². The van der Waals surface area contributed by atoms with Gasteiger partial charge in [0.2, 0.25) is 5.88 Å². The minimum absolute atomic E-state index is 0.00760. The summed E-state index contributed by atoms with van der Waals surface area (Å²) in [6.07, 6.45) is 1.69. The van der Waals surface area contributed by atoms with E-state index in [0.717, 1.165) is 22.7 Å². The normalized spacial score (nSPS) is 11.3. The van der Waals surface area contributed by atoms with E-state index >= 15 is 0 Å². The van der Waals surface area contributed by atoms with E-state index in [1.165, 1.54) is 18.6 Å². The number of aryl methyl sites for hydroxylation is 2. The fraction of sp³-hybridized carbons (Fsp3) is 0.182. The Hall–Kier alpha value is -3.77. The van der Waals surface area contributed by atoms with Crippen LogP contribution in [0.1, 0.15) is 26.9 Å². The summed E-state index contributed by atoms with van der Waals surface area (Å²) in [6, 6.07) is 9.37. The minimum atomic E-state index is -3.98. The molecule has 0 amide bonds. The van der Waals surface area contributed by atoms with Gasteiger partial charge in [-0.2, -0.15) is 4.98 Å². The van der Waals surface area contributed by atoms with Crippen LogP contribution in [0.3, 0.4) is 0 Å². The molecular formula is C22H21N5O5S2. The average molecular weight is 500 g/mol. The Labute approximate surface area is 200 Å². The summed E-state index contributed by atoms with van der Waals surface area (Å²) in [5.74, 6) is 1.24. The van der Waals surface area contributed by atoms with Gasteiger partial charge in [-0.3, -0.25) is 9.29 Å². The van der Waals surface area contributed by atoms with Gasteiger partial charge in [0.15, 0.2) is 0 Å². The molecular weight excluding hydrogens is 478 g/mol. The first-order chi connectivity index (χ1) is 16.2. The molecule has 10 nitrogen and oxygen atoms in total. The highest BCUT2D eigenvalue weighted by Gasteiger charge is 2.24. The van der Waals surface area contributed by atoms with Gasteiger partial charge in [0.25, 0.3) is 10.0 Å². The van der Waals surface area contributed by atoms with Crippen molar-refractivity contribution in [1.82, 2.24) is 19.5 Å². The number of esters is 1. The molecule has 0 unspecified atom stereocenters. The number of hydrogen-bond acceptors (Lipinski definition) is 9. The zero-order valence-corrected chi connectivity index (χ0v) is 20.4. The van der Waals surface area contributed by atoms with Crippen LogP contribution in [0, 0.1) is 20.8 Å². The number of aromatic nitrogens is 4. The van der Waals surface area contributed by atoms with Crippen molar-refractivity contribution in [1.29, 1.82) is 0 Å². The van der Waals surface area contributed by atoms with Crippen molar-refractivity contribution >= 4 is 33.0 Å². The number of nitrogens with one attached hydrogen (secondary N) is 1. The van der Waals surface area contributed by atoms with E-state index in [1.54, 1.807) is 43.6 Å². The molecule has 176 valence electrons. The van der Waals surface area contributed by atoms with E-state index in [2.05, 4.69) is 24.4 Å². The van der Waals surface area contributed by atoms with Crippen molar-refractivity contribution in [3.63, 3.8) is 0 Å². The molecule has 3 aromatic heterocycles. The molecule has 0 atom stereocenters. The number of anilines is 1. The first kappa shape index (κ1) is 23.4. The van der Waals surface area contributed by atoms with E-state index in [9.17, 15) is 13.2 Å². The van der Waals surface area contributed by atoms with Crippen LogP contribution in [0.4, 0.5) is 5.69 Å². The van der Waals surface area contributed by atoms with Gasteiger partial charge in [-0.1, -0.05) is 0 Å². The van der Waals surface area contributed by atoms with Crippen LogP contribution in [0.25, 0.3) is 5.82 Å². The molecule has 0 aliphatic heterocycles. The van der Waals surface area contributed by atoms with Crippen LogP contribution < -0.4 is 9.46 Å². The Balaban J connectivity index is 1.52. The monoisotopic (exact) mass is 499 g/mol. The molecule has 0 aliphatic carbocycles. The first-order valence-electron chi connectivity index (χ1n) is 10.0. The number of methoxy groups -OCH3 is 1. The number of rotatable bonds is 7. The van der Waals surface area contributed by atoms with Gasteiger partial charge >= 0.3 is 5.97 Å². The number of nitrogens with zero attached hydrogens (tertiary/aromatic N) is 4. The van der Waals surface area contributed by atoms with Gasteiger partial charge in [0.05, 0.1) is 12.8 Å². The molecule has 1 aromatic carbocycles. The SMILES string of the molecule is COC(=O)c1sccc1S(=O)(=O)Nc1ccc(Oc2cc(-n3cnc(C)c3C)nc(C)n2)cc1. The number of ether oxygens (including phenoxy) is 2. The standard InChI is InChI=1S/C22H21N5O5S2/c1-13-14(2)27(12-23-13)19-11-20(25-15(3)24-19)32-17-7-5-16(6-8-17)26-34(29,30)18-9-10-33-21(18)22(28)31-4/h5-12,26H,1-4H3. The second kappa shape index (κ2) is 9.23. The van der Waals surface area contributed by atoms with Crippen molar-refractivity contribution in [2.75, 3.05) is 11.8 Å². The summed E-state index contributed by atoms with van der Waals surface area (Å²) < 4.78 is 40.3. The molecule has 1 N–H and O–H groups in total. The predicted octanol–water partition coefficient (Wildman–Crippen LogP) is 4.03. The van der Waals surface area contributed by atoms with E-state index in [4.69, 9.17) is 4.74 Å². The van der Waals surface area contributed by atoms with E-state index < -0.39 is 16.0 Å². The molecule has 0 saturated carbocycles. The molecule has 0 aliphatic rings. The van der Waals surface area contributed by atoms with Gasteiger partial charge in [-0.15, -0.1) is 11.3 Å². The second-order valence-electron chi connectivity index (χ2n) is 7.23. The number of benzene rings is 1. The fourth-order valence-corrected chi connectivity index (χ4v) is 5.50. The Morgan fingerprint density at radius 2 is 1.82 bits per heavy atom. The number of carbonyl (C=O) groups is 1. The van der Waals surface area contributed by atoms with Gasteiger partial charge in [-0.25, -0.2) is 23.2 Å². The smallest absolute Gasteiger partial charge is 0.349 e. The Morgan fingerprint density at radius 3 is 2.47 bits per heavy atom. The van der Waals surface area contributed by atoms with Crippen molar-refractivity contribution in [2.24, 2.45) is 0 Å². The molecule has 0 radical (unpaired) electrons. The summed E-state index contributed by atoms with van der Waals surface area (Å²) >= 11 is 0.995. The molecule has 12 heteroatoms. The van der Waals surface area contributed by atoms with Crippen LogP contribution in [0.15, 0.2) is 53.0 Å². The van der Waals surface area contributed by atoms with Crippen molar-refractivity contribution in [2.45, 2.75) is 25.7 Å². The molecule has 0 saturated heterocycles. The lowest BCUT2D eigenvalue weighted by Gasteiger charge is -2.11. The van der Waals surface area contributed by atoms with Gasteiger partial charge in [0, 0.05) is 17.4 Å². The van der Waals surface area contributed by atoms with E-state index in [-0.39, 0.29) is 9.77 Å². The summed E-state index contributed by atoms with van der Waals surface area (Å²) in [6.45, 7) is 5.63. The predicted molar refractivity (Wildman–Crippen MR) is 126 cm³/mol. The highest BCUT2D eigenvalue weighted by molar-refractivity contribution is 7.93. The third kappa shape index (κ3) is 4.77. The topological polar surface area (TPSA) is 125 Å². The first-order valence-corrected chi connectivity index (χ1v) is 12.4. The van der Waals surface area contributed by atoms with Gasteiger partial charge < -0.3 is 9.47 Å². The van der Waals surface area contributed by atoms with Gasteiger partial charge in [-0.05, 0) is 56.5 Å². The zero-order chi connectivity index (χ0) is 24.5. The number of sulfonamides is 1. The molecule has 3 heterocycles. The third-order valence-electron chi connectivity index (χ3n) is 4.92. The molecule has 0 fully saturated rings. The summed E-state index contributed by atoms with van der Waals surface area (Å²) in [4.78, 5) is 24.8. The summed E-state index contributed by atoms with van der Waals surface area (Å²) in [5.41, 5.74) is 2.16. The third-order valence-corrected chi connectivity index (χ3v) is 7.37. The lowest BCUT2D eigenvalue weighted by atomic mass is 10.3. The minimum Gasteiger partial charge on any atom is -0.465 e. The highest BCUT2D eigenvalue weighted by Crippen LogP contribution is 2.27. The van der Waals surface area contributed by atoms with Crippen LogP contribution >= 0.6 is 11.3 Å². The van der Waals surface area contributed by atoms with Crippen molar-refractivity contribution in [3.8, 4) is 17.4 Å². The zero-order valence-electron chi connectivity index (χ0n) is 18.8. The quantitative estimate of drug-likeness (QED) is 0.378.